The van der Waals surface area contributed by atoms with E-state index in [1.807, 2.05) is 0 Å². The highest BCUT2D eigenvalue weighted by atomic mass is 19.1. The van der Waals surface area contributed by atoms with Gasteiger partial charge in [0.1, 0.15) is 11.8 Å². The van der Waals surface area contributed by atoms with Crippen molar-refractivity contribution < 1.29 is 23.5 Å². The maximum atomic E-state index is 14.0. The van der Waals surface area contributed by atoms with E-state index in [0.717, 1.165) is 0 Å². The van der Waals surface area contributed by atoms with Crippen molar-refractivity contribution in [1.29, 1.82) is 0 Å². The molecule has 0 unspecified atom stereocenters. The number of carbonyl (C=O) groups excluding carboxylic acids is 2. The first kappa shape index (κ1) is 16.5. The second kappa shape index (κ2) is 6.72. The number of piperidine rings is 1. The first-order valence-electron chi connectivity index (χ1n) is 6.72. The zero-order valence-corrected chi connectivity index (χ0v) is 12.4. The molecule has 20 heavy (non-hydrogen) atoms. The molecule has 0 bridgehead atoms. The minimum Gasteiger partial charge on any atom is -0.463 e. The molecule has 1 amide bonds. The van der Waals surface area contributed by atoms with Crippen LogP contribution in [0.3, 0.4) is 0 Å². The molecular formula is C14H22FNO4. The molecule has 5 nitrogen and oxygen atoms in total. The number of amides is 1. The number of rotatable bonds is 2. The highest BCUT2D eigenvalue weighted by molar-refractivity contribution is 5.83. The average molecular weight is 287 g/mol. The topological polar surface area (TPSA) is 55.8 Å². The van der Waals surface area contributed by atoms with Gasteiger partial charge in [-0.05, 0) is 39.7 Å². The van der Waals surface area contributed by atoms with Gasteiger partial charge >= 0.3 is 12.1 Å². The maximum Gasteiger partial charge on any atom is 0.410 e. The van der Waals surface area contributed by atoms with Gasteiger partial charge in [0.2, 0.25) is 0 Å². The Labute approximate surface area is 118 Å². The molecule has 0 aromatic carbocycles. The van der Waals surface area contributed by atoms with Gasteiger partial charge in [0, 0.05) is 12.6 Å². The van der Waals surface area contributed by atoms with Crippen LogP contribution >= 0.6 is 0 Å². The molecule has 1 atom stereocenters. The van der Waals surface area contributed by atoms with Crippen LogP contribution in [0.15, 0.2) is 11.6 Å². The van der Waals surface area contributed by atoms with Crippen molar-refractivity contribution in [3.8, 4) is 0 Å². The van der Waals surface area contributed by atoms with Crippen LogP contribution < -0.4 is 0 Å². The van der Waals surface area contributed by atoms with E-state index in [2.05, 4.69) is 0 Å². The van der Waals surface area contributed by atoms with Gasteiger partial charge in [-0.3, -0.25) is 0 Å². The summed E-state index contributed by atoms with van der Waals surface area (Å²) in [6, 6.07) is 0. The van der Waals surface area contributed by atoms with E-state index >= 15 is 0 Å². The fraction of sp³-hybridized carbons (Fsp3) is 0.714. The smallest absolute Gasteiger partial charge is 0.410 e. The molecule has 1 saturated heterocycles. The summed E-state index contributed by atoms with van der Waals surface area (Å²) in [7, 11) is 0. The number of alkyl halides is 1. The monoisotopic (exact) mass is 287 g/mol. The third-order valence-corrected chi connectivity index (χ3v) is 2.69. The van der Waals surface area contributed by atoms with E-state index in [0.29, 0.717) is 18.5 Å². The van der Waals surface area contributed by atoms with Crippen LogP contribution in [0.1, 0.15) is 34.1 Å². The molecule has 114 valence electrons. The number of carbonyl (C=O) groups is 2. The van der Waals surface area contributed by atoms with E-state index < -0.39 is 23.8 Å². The number of nitrogens with zero attached hydrogens (tertiary/aromatic N) is 1. The molecule has 0 aliphatic carbocycles. The Morgan fingerprint density at radius 1 is 1.45 bits per heavy atom. The van der Waals surface area contributed by atoms with Gasteiger partial charge < -0.3 is 14.4 Å². The van der Waals surface area contributed by atoms with Crippen LogP contribution in [0.5, 0.6) is 0 Å². The number of likely N-dealkylation sites (tertiary alicyclic amines) is 1. The molecule has 0 aromatic heterocycles. The van der Waals surface area contributed by atoms with Crippen molar-refractivity contribution in [3.05, 3.63) is 11.6 Å². The predicted octanol–water partition coefficient (Wildman–Crippen LogP) is 2.45. The van der Waals surface area contributed by atoms with E-state index in [1.54, 1.807) is 27.7 Å². The quantitative estimate of drug-likeness (QED) is 0.578. The lowest BCUT2D eigenvalue weighted by atomic mass is 10.0. The normalized spacial score (nSPS) is 21.8. The van der Waals surface area contributed by atoms with Gasteiger partial charge in [0.25, 0.3) is 0 Å². The van der Waals surface area contributed by atoms with Crippen molar-refractivity contribution in [2.75, 3.05) is 19.7 Å². The molecule has 0 spiro atoms. The Kier molecular flexibility index (Phi) is 5.53. The number of hydrogen-bond donors (Lipinski definition) is 0. The predicted molar refractivity (Wildman–Crippen MR) is 72.0 cm³/mol. The first-order chi connectivity index (χ1) is 9.23. The molecule has 1 rings (SSSR count). The maximum absolute atomic E-state index is 14.0. The van der Waals surface area contributed by atoms with Crippen LogP contribution in [0.25, 0.3) is 0 Å². The minimum absolute atomic E-state index is 0.0971. The third kappa shape index (κ3) is 5.19. The lowest BCUT2D eigenvalue weighted by molar-refractivity contribution is -0.137. The Morgan fingerprint density at radius 3 is 2.60 bits per heavy atom. The van der Waals surface area contributed by atoms with Gasteiger partial charge in [0.05, 0.1) is 13.2 Å². The minimum atomic E-state index is -1.36. The van der Waals surface area contributed by atoms with E-state index in [4.69, 9.17) is 9.47 Å². The summed E-state index contributed by atoms with van der Waals surface area (Å²) in [5.74, 6) is -0.545. The second-order valence-electron chi connectivity index (χ2n) is 5.62. The van der Waals surface area contributed by atoms with Crippen molar-refractivity contribution in [2.24, 2.45) is 0 Å². The average Bonchev–Trinajstić information content (AvgIpc) is 2.29. The van der Waals surface area contributed by atoms with Crippen LogP contribution in [-0.2, 0) is 14.3 Å². The van der Waals surface area contributed by atoms with Crippen molar-refractivity contribution in [3.63, 3.8) is 0 Å². The van der Waals surface area contributed by atoms with Gasteiger partial charge in [-0.1, -0.05) is 0 Å². The van der Waals surface area contributed by atoms with Gasteiger partial charge in [-0.2, -0.15) is 0 Å². The molecule has 0 radical (unpaired) electrons. The van der Waals surface area contributed by atoms with Crippen LogP contribution in [0.2, 0.25) is 0 Å². The Morgan fingerprint density at radius 2 is 2.10 bits per heavy atom. The number of ether oxygens (including phenoxy) is 2. The Bertz CT molecular complexity index is 400. The summed E-state index contributed by atoms with van der Waals surface area (Å²) < 4.78 is 23.9. The summed E-state index contributed by atoms with van der Waals surface area (Å²) in [6.07, 6.45) is -0.407. The Balaban J connectivity index is 2.59. The molecule has 6 heteroatoms. The zero-order valence-electron chi connectivity index (χ0n) is 12.4. The summed E-state index contributed by atoms with van der Waals surface area (Å²) in [4.78, 5) is 24.4. The van der Waals surface area contributed by atoms with Crippen LogP contribution in [0, 0.1) is 0 Å². The van der Waals surface area contributed by atoms with Gasteiger partial charge in [0.15, 0.2) is 0 Å². The van der Waals surface area contributed by atoms with Gasteiger partial charge in [-0.25, -0.2) is 14.0 Å². The van der Waals surface area contributed by atoms with Crippen molar-refractivity contribution >= 4 is 12.1 Å². The van der Waals surface area contributed by atoms with E-state index in [1.165, 1.54) is 11.0 Å². The van der Waals surface area contributed by atoms with Crippen molar-refractivity contribution in [2.45, 2.75) is 45.9 Å². The molecule has 0 N–H and O–H groups in total. The van der Waals surface area contributed by atoms with Gasteiger partial charge in [-0.15, -0.1) is 0 Å². The SMILES string of the molecule is CCOC(=O)/C=C1\CCN(C(=O)OC(C)(C)C)C[C@H]1F. The summed E-state index contributed by atoms with van der Waals surface area (Å²) in [5.41, 5.74) is -0.243. The summed E-state index contributed by atoms with van der Waals surface area (Å²) >= 11 is 0. The first-order valence-corrected chi connectivity index (χ1v) is 6.72. The number of halogens is 1. The molecule has 1 aliphatic rings. The second-order valence-corrected chi connectivity index (χ2v) is 5.62. The van der Waals surface area contributed by atoms with E-state index in [9.17, 15) is 14.0 Å². The van der Waals surface area contributed by atoms with Crippen LogP contribution in [-0.4, -0.2) is 48.4 Å². The highest BCUT2D eigenvalue weighted by Crippen LogP contribution is 2.21. The van der Waals surface area contributed by atoms with Crippen LogP contribution in [0.4, 0.5) is 9.18 Å². The number of esters is 1. The third-order valence-electron chi connectivity index (χ3n) is 2.69. The molecule has 1 fully saturated rings. The zero-order chi connectivity index (χ0) is 15.3. The molecule has 1 heterocycles. The fourth-order valence-corrected chi connectivity index (χ4v) is 1.81. The molecule has 1 aliphatic heterocycles. The highest BCUT2D eigenvalue weighted by Gasteiger charge is 2.30. The lowest BCUT2D eigenvalue weighted by Gasteiger charge is -2.32. The fourth-order valence-electron chi connectivity index (χ4n) is 1.81. The standard InChI is InChI=1S/C14H22FNO4/c1-5-19-12(17)8-10-6-7-16(9-11(10)15)13(18)20-14(2,3)4/h8,11H,5-7,9H2,1-4H3/b10-8+/t11-/m1/s1. The largest absolute Gasteiger partial charge is 0.463 e. The molecular weight excluding hydrogens is 265 g/mol. The number of hydrogen-bond acceptors (Lipinski definition) is 4. The summed E-state index contributed by atoms with van der Waals surface area (Å²) in [6.45, 7) is 7.45. The molecule has 0 saturated carbocycles. The van der Waals surface area contributed by atoms with E-state index in [-0.39, 0.29) is 13.2 Å². The Hall–Kier alpha value is -1.59. The summed E-state index contributed by atoms with van der Waals surface area (Å²) in [5, 5.41) is 0. The molecule has 0 aromatic rings. The van der Waals surface area contributed by atoms with Crippen molar-refractivity contribution in [1.82, 2.24) is 4.90 Å². The lowest BCUT2D eigenvalue weighted by Crippen LogP contribution is -2.44.